The molecule has 0 aliphatic rings. The van der Waals surface area contributed by atoms with Crippen LogP contribution in [0.1, 0.15) is 20.3 Å². The van der Waals surface area contributed by atoms with Gasteiger partial charge in [0, 0.05) is 13.1 Å². The lowest BCUT2D eigenvalue weighted by molar-refractivity contribution is 0.184. The molecule has 0 bridgehead atoms. The van der Waals surface area contributed by atoms with Crippen LogP contribution in [0, 0.1) is 12.8 Å². The van der Waals surface area contributed by atoms with E-state index in [0.29, 0.717) is 5.92 Å². The van der Waals surface area contributed by atoms with Crippen LogP contribution >= 0.6 is 0 Å². The molecule has 0 saturated heterocycles. The zero-order valence-corrected chi connectivity index (χ0v) is 7.71. The van der Waals surface area contributed by atoms with Crippen molar-refractivity contribution >= 4 is 0 Å². The molecule has 0 unspecified atom stereocenters. The van der Waals surface area contributed by atoms with Gasteiger partial charge in [0.2, 0.25) is 0 Å². The Morgan fingerprint density at radius 3 is 2.36 bits per heavy atom. The monoisotopic (exact) mass is 158 g/mol. The first kappa shape index (κ1) is 10.9. The highest BCUT2D eigenvalue weighted by atomic mass is 16.3. The van der Waals surface area contributed by atoms with Gasteiger partial charge in [0.05, 0.1) is 6.61 Å². The number of nitrogens with zero attached hydrogens (tertiary/aromatic N) is 1. The Labute approximate surface area is 70.2 Å². The van der Waals surface area contributed by atoms with E-state index in [4.69, 9.17) is 5.11 Å². The minimum absolute atomic E-state index is 0.257. The predicted octanol–water partition coefficient (Wildman–Crippen LogP) is 1.16. The lowest BCUT2D eigenvalue weighted by Crippen LogP contribution is -2.31. The van der Waals surface area contributed by atoms with Crippen molar-refractivity contribution in [3.8, 4) is 0 Å². The van der Waals surface area contributed by atoms with Crippen molar-refractivity contribution in [2.75, 3.05) is 26.2 Å². The second-order valence-corrected chi connectivity index (χ2v) is 3.27. The third kappa shape index (κ3) is 6.32. The van der Waals surface area contributed by atoms with Gasteiger partial charge >= 0.3 is 0 Å². The Morgan fingerprint density at radius 1 is 1.36 bits per heavy atom. The number of aliphatic hydroxyl groups excluding tert-OH is 1. The summed E-state index contributed by atoms with van der Waals surface area (Å²) in [4.78, 5) is 2.25. The third-order valence-corrected chi connectivity index (χ3v) is 1.51. The summed E-state index contributed by atoms with van der Waals surface area (Å²) in [7, 11) is 0. The largest absolute Gasteiger partial charge is 0.395 e. The summed E-state index contributed by atoms with van der Waals surface area (Å²) >= 11 is 0. The molecular weight excluding hydrogens is 138 g/mol. The minimum Gasteiger partial charge on any atom is -0.395 e. The van der Waals surface area contributed by atoms with Crippen molar-refractivity contribution in [1.29, 1.82) is 0 Å². The molecule has 0 fully saturated rings. The van der Waals surface area contributed by atoms with E-state index < -0.39 is 0 Å². The van der Waals surface area contributed by atoms with Gasteiger partial charge in [-0.2, -0.15) is 0 Å². The number of hydrogen-bond acceptors (Lipinski definition) is 2. The molecule has 0 amide bonds. The van der Waals surface area contributed by atoms with Gasteiger partial charge in [-0.15, -0.1) is 0 Å². The summed E-state index contributed by atoms with van der Waals surface area (Å²) in [6, 6.07) is 0. The van der Waals surface area contributed by atoms with Crippen LogP contribution in [0.5, 0.6) is 0 Å². The molecule has 0 aromatic heterocycles. The number of rotatable bonds is 6. The van der Waals surface area contributed by atoms with E-state index >= 15 is 0 Å². The average Bonchev–Trinajstić information content (AvgIpc) is 1.87. The van der Waals surface area contributed by atoms with E-state index in [0.717, 1.165) is 26.1 Å². The van der Waals surface area contributed by atoms with Crippen molar-refractivity contribution in [3.05, 3.63) is 6.92 Å². The second kappa shape index (κ2) is 6.62. The summed E-state index contributed by atoms with van der Waals surface area (Å²) < 4.78 is 0. The van der Waals surface area contributed by atoms with Crippen LogP contribution in [0.15, 0.2) is 0 Å². The summed E-state index contributed by atoms with van der Waals surface area (Å²) in [5.74, 6) is 0.674. The maximum absolute atomic E-state index is 8.71. The van der Waals surface area contributed by atoms with Crippen molar-refractivity contribution in [2.24, 2.45) is 5.92 Å². The van der Waals surface area contributed by atoms with Crippen LogP contribution in [0.2, 0.25) is 0 Å². The van der Waals surface area contributed by atoms with Gasteiger partial charge in [0.1, 0.15) is 0 Å². The van der Waals surface area contributed by atoms with Gasteiger partial charge in [-0.3, -0.25) is 0 Å². The molecule has 1 N–H and O–H groups in total. The molecule has 1 radical (unpaired) electrons. The van der Waals surface area contributed by atoms with E-state index in [2.05, 4.69) is 25.7 Å². The summed E-state index contributed by atoms with van der Waals surface area (Å²) in [6.45, 7) is 11.3. The fourth-order valence-electron chi connectivity index (χ4n) is 1.18. The molecule has 0 heterocycles. The smallest absolute Gasteiger partial charge is 0.0558 e. The fraction of sp³-hybridized carbons (Fsp3) is 0.889. The average molecular weight is 158 g/mol. The highest BCUT2D eigenvalue weighted by Gasteiger charge is 2.04. The Balaban J connectivity index is 3.50. The second-order valence-electron chi connectivity index (χ2n) is 3.27. The van der Waals surface area contributed by atoms with Gasteiger partial charge in [0.25, 0.3) is 0 Å². The zero-order chi connectivity index (χ0) is 8.69. The van der Waals surface area contributed by atoms with Crippen molar-refractivity contribution < 1.29 is 5.11 Å². The molecule has 0 aliphatic carbocycles. The van der Waals surface area contributed by atoms with E-state index in [1.165, 1.54) is 0 Å². The molecule has 0 spiro atoms. The molecule has 2 heteroatoms. The fourth-order valence-corrected chi connectivity index (χ4v) is 1.18. The number of hydrogen-bond donors (Lipinski definition) is 1. The molecule has 0 aromatic rings. The maximum atomic E-state index is 8.71. The maximum Gasteiger partial charge on any atom is 0.0558 e. The molecule has 0 rings (SSSR count). The summed E-state index contributed by atoms with van der Waals surface area (Å²) in [5.41, 5.74) is 0. The van der Waals surface area contributed by atoms with Crippen LogP contribution in [0.25, 0.3) is 0 Å². The van der Waals surface area contributed by atoms with Crippen molar-refractivity contribution in [1.82, 2.24) is 4.90 Å². The van der Waals surface area contributed by atoms with Crippen molar-refractivity contribution in [2.45, 2.75) is 20.3 Å². The van der Waals surface area contributed by atoms with Gasteiger partial charge < -0.3 is 10.0 Å². The minimum atomic E-state index is 0.257. The van der Waals surface area contributed by atoms with Gasteiger partial charge in [-0.1, -0.05) is 20.8 Å². The molecule has 2 nitrogen and oxygen atoms in total. The highest BCUT2D eigenvalue weighted by molar-refractivity contribution is 4.60. The lowest BCUT2D eigenvalue weighted by Gasteiger charge is -2.22. The summed E-state index contributed by atoms with van der Waals surface area (Å²) in [5, 5.41) is 8.71. The standard InChI is InChI=1S/C9H20NO/c1-4-5-10(6-7-11)8-9(2)3/h9,11H,1,4-8H2,2-3H3. The molecule has 0 aliphatic heterocycles. The molecule has 0 atom stereocenters. The van der Waals surface area contributed by atoms with Crippen LogP contribution in [0.4, 0.5) is 0 Å². The lowest BCUT2D eigenvalue weighted by atomic mass is 10.2. The van der Waals surface area contributed by atoms with Crippen LogP contribution in [0.3, 0.4) is 0 Å². The molecule has 0 saturated carbocycles. The van der Waals surface area contributed by atoms with Gasteiger partial charge in [-0.05, 0) is 18.9 Å². The van der Waals surface area contributed by atoms with Gasteiger partial charge in [0.15, 0.2) is 0 Å². The first-order chi connectivity index (χ1) is 5.20. The van der Waals surface area contributed by atoms with E-state index in [1.807, 2.05) is 0 Å². The first-order valence-corrected chi connectivity index (χ1v) is 4.33. The van der Waals surface area contributed by atoms with E-state index in [-0.39, 0.29) is 6.61 Å². The Hall–Kier alpha value is -0.0800. The van der Waals surface area contributed by atoms with Crippen molar-refractivity contribution in [3.63, 3.8) is 0 Å². The summed E-state index contributed by atoms with van der Waals surface area (Å²) in [6.07, 6.45) is 0.923. The molecule has 11 heavy (non-hydrogen) atoms. The van der Waals surface area contributed by atoms with Crippen LogP contribution in [-0.4, -0.2) is 36.2 Å². The molecular formula is C9H20NO. The normalized spacial score (nSPS) is 11.5. The van der Waals surface area contributed by atoms with E-state index in [1.54, 1.807) is 0 Å². The van der Waals surface area contributed by atoms with Gasteiger partial charge in [-0.25, -0.2) is 0 Å². The zero-order valence-electron chi connectivity index (χ0n) is 7.71. The van der Waals surface area contributed by atoms with Crippen LogP contribution in [-0.2, 0) is 0 Å². The Kier molecular flexibility index (Phi) is 6.57. The SMILES string of the molecule is [CH2]CCN(CCO)CC(C)C. The quantitative estimate of drug-likeness (QED) is 0.627. The topological polar surface area (TPSA) is 23.5 Å². The predicted molar refractivity (Wildman–Crippen MR) is 48.3 cm³/mol. The molecule has 67 valence electrons. The Bertz CT molecular complexity index is 77.6. The highest BCUT2D eigenvalue weighted by Crippen LogP contribution is 1.98. The Morgan fingerprint density at radius 2 is 2.00 bits per heavy atom. The van der Waals surface area contributed by atoms with E-state index in [9.17, 15) is 0 Å². The van der Waals surface area contributed by atoms with Crippen LogP contribution < -0.4 is 0 Å². The first-order valence-electron chi connectivity index (χ1n) is 4.33. The number of aliphatic hydroxyl groups is 1. The third-order valence-electron chi connectivity index (χ3n) is 1.51. The molecule has 0 aromatic carbocycles.